The first-order valence-corrected chi connectivity index (χ1v) is 13.0. The molecule has 2 saturated heterocycles. The maximum absolute atomic E-state index is 14.1. The van der Waals surface area contributed by atoms with Crippen molar-refractivity contribution in [3.05, 3.63) is 48.0 Å². The Morgan fingerprint density at radius 2 is 2.06 bits per heavy atom. The summed E-state index contributed by atoms with van der Waals surface area (Å²) in [5.41, 5.74) is 2.69. The van der Waals surface area contributed by atoms with E-state index in [0.29, 0.717) is 41.7 Å². The van der Waals surface area contributed by atoms with Crippen molar-refractivity contribution in [3.8, 4) is 5.75 Å². The SMILES string of the molecule is Cc1cc(N=S(C)(C)=O)cc2ncnc(Nc3ccc(F)cc3O[C@@H]3CO[C@@H]4CCO[C@@H]43)c12. The predicted octanol–water partition coefficient (Wildman–Crippen LogP) is 4.12. The number of benzene rings is 2. The normalized spacial score (nSPS) is 22.4. The molecule has 0 bridgehead atoms. The van der Waals surface area contributed by atoms with E-state index in [9.17, 15) is 8.60 Å². The lowest BCUT2D eigenvalue weighted by molar-refractivity contribution is 0.0310. The smallest absolute Gasteiger partial charge is 0.151 e. The molecule has 1 N–H and O–H groups in total. The third kappa shape index (κ3) is 4.64. The molecule has 0 amide bonds. The third-order valence-corrected chi connectivity index (χ3v) is 6.29. The van der Waals surface area contributed by atoms with Gasteiger partial charge in [-0.1, -0.05) is 0 Å². The molecule has 2 aliphatic heterocycles. The topological polar surface area (TPSA) is 94.9 Å². The molecule has 1 aromatic heterocycles. The number of halogens is 1. The van der Waals surface area contributed by atoms with E-state index in [1.165, 1.54) is 18.5 Å². The first kappa shape index (κ1) is 22.0. The van der Waals surface area contributed by atoms with Gasteiger partial charge in [0.05, 0.1) is 29.6 Å². The maximum Gasteiger partial charge on any atom is 0.151 e. The molecule has 3 aromatic rings. The van der Waals surface area contributed by atoms with E-state index in [-0.39, 0.29) is 18.3 Å². The molecule has 2 fully saturated rings. The molecule has 2 aromatic carbocycles. The summed E-state index contributed by atoms with van der Waals surface area (Å²) in [6.45, 7) is 2.94. The molecule has 10 heteroatoms. The Hall–Kier alpha value is -2.82. The van der Waals surface area contributed by atoms with Crippen LogP contribution in [0.5, 0.6) is 5.75 Å². The number of anilines is 2. The first-order valence-electron chi connectivity index (χ1n) is 10.7. The van der Waals surface area contributed by atoms with Crippen LogP contribution in [0.2, 0.25) is 0 Å². The molecule has 5 rings (SSSR count). The van der Waals surface area contributed by atoms with E-state index < -0.39 is 15.5 Å². The van der Waals surface area contributed by atoms with Crippen LogP contribution >= 0.6 is 0 Å². The van der Waals surface area contributed by atoms with Gasteiger partial charge in [-0.05, 0) is 43.2 Å². The molecule has 3 atom stereocenters. The zero-order chi connectivity index (χ0) is 23.2. The Bertz CT molecular complexity index is 1330. The average Bonchev–Trinajstić information content (AvgIpc) is 3.34. The zero-order valence-electron chi connectivity index (χ0n) is 18.6. The highest BCUT2D eigenvalue weighted by Gasteiger charge is 2.43. The number of nitrogens with one attached hydrogen (secondary N) is 1. The Labute approximate surface area is 191 Å². The fourth-order valence-corrected chi connectivity index (χ4v) is 4.91. The number of hydrogen-bond acceptors (Lipinski definition) is 8. The molecular formula is C23H25FN4O4S. The summed E-state index contributed by atoms with van der Waals surface area (Å²) in [4.78, 5) is 8.77. The van der Waals surface area contributed by atoms with Crippen LogP contribution in [0, 0.1) is 12.7 Å². The minimum atomic E-state index is -2.31. The van der Waals surface area contributed by atoms with Crippen LogP contribution in [0.3, 0.4) is 0 Å². The summed E-state index contributed by atoms with van der Waals surface area (Å²) < 4.78 is 48.2. The van der Waals surface area contributed by atoms with Gasteiger partial charge in [0.15, 0.2) is 6.10 Å². The van der Waals surface area contributed by atoms with Crippen molar-refractivity contribution in [2.75, 3.05) is 31.0 Å². The fraction of sp³-hybridized carbons (Fsp3) is 0.391. The van der Waals surface area contributed by atoms with Gasteiger partial charge in [0.1, 0.15) is 29.8 Å². The minimum Gasteiger partial charge on any atom is -0.483 e. The van der Waals surface area contributed by atoms with Crippen LogP contribution in [0.1, 0.15) is 12.0 Å². The maximum atomic E-state index is 14.1. The van der Waals surface area contributed by atoms with Crippen LogP contribution in [0.25, 0.3) is 10.9 Å². The lowest BCUT2D eigenvalue weighted by Gasteiger charge is -2.21. The molecule has 3 heterocycles. The molecule has 33 heavy (non-hydrogen) atoms. The van der Waals surface area contributed by atoms with Gasteiger partial charge < -0.3 is 19.5 Å². The molecule has 8 nitrogen and oxygen atoms in total. The number of aromatic nitrogens is 2. The fourth-order valence-electron chi connectivity index (χ4n) is 4.29. The lowest BCUT2D eigenvalue weighted by atomic mass is 10.1. The summed E-state index contributed by atoms with van der Waals surface area (Å²) in [6.07, 6.45) is 5.00. The van der Waals surface area contributed by atoms with E-state index >= 15 is 0 Å². The molecular weight excluding hydrogens is 447 g/mol. The highest BCUT2D eigenvalue weighted by molar-refractivity contribution is 7.92. The second-order valence-corrected chi connectivity index (χ2v) is 11.1. The second kappa shape index (κ2) is 8.51. The summed E-state index contributed by atoms with van der Waals surface area (Å²) >= 11 is 0. The van der Waals surface area contributed by atoms with Gasteiger partial charge in [0, 0.05) is 40.3 Å². The summed E-state index contributed by atoms with van der Waals surface area (Å²) in [5.74, 6) is 0.496. The summed E-state index contributed by atoms with van der Waals surface area (Å²) in [7, 11) is -2.31. The first-order chi connectivity index (χ1) is 15.8. The van der Waals surface area contributed by atoms with E-state index in [0.717, 1.165) is 17.4 Å². The number of nitrogens with zero attached hydrogens (tertiary/aromatic N) is 3. The molecule has 0 radical (unpaired) electrons. The molecule has 0 unspecified atom stereocenters. The van der Waals surface area contributed by atoms with Crippen molar-refractivity contribution >= 4 is 37.8 Å². The van der Waals surface area contributed by atoms with Crippen LogP contribution in [-0.2, 0) is 19.2 Å². The number of rotatable bonds is 5. The van der Waals surface area contributed by atoms with Gasteiger partial charge >= 0.3 is 0 Å². The van der Waals surface area contributed by atoms with Crippen molar-refractivity contribution in [3.63, 3.8) is 0 Å². The average molecular weight is 473 g/mol. The van der Waals surface area contributed by atoms with Gasteiger partial charge in [-0.15, -0.1) is 0 Å². The molecule has 2 aliphatic rings. The Balaban J connectivity index is 1.49. The van der Waals surface area contributed by atoms with Gasteiger partial charge in [-0.3, -0.25) is 0 Å². The van der Waals surface area contributed by atoms with Gasteiger partial charge in [-0.25, -0.2) is 18.6 Å². The minimum absolute atomic E-state index is 0.0222. The molecule has 0 saturated carbocycles. The van der Waals surface area contributed by atoms with E-state index in [4.69, 9.17) is 14.2 Å². The number of fused-ring (bicyclic) bond motifs is 2. The largest absolute Gasteiger partial charge is 0.483 e. The van der Waals surface area contributed by atoms with Crippen LogP contribution in [-0.4, -0.2) is 58.2 Å². The Kier molecular flexibility index (Phi) is 5.67. The van der Waals surface area contributed by atoms with Crippen molar-refractivity contribution in [1.29, 1.82) is 0 Å². The summed E-state index contributed by atoms with van der Waals surface area (Å²) in [5, 5.41) is 4.06. The Morgan fingerprint density at radius 1 is 1.21 bits per heavy atom. The van der Waals surface area contributed by atoms with E-state index in [1.54, 1.807) is 24.6 Å². The van der Waals surface area contributed by atoms with Gasteiger partial charge in [0.2, 0.25) is 0 Å². The van der Waals surface area contributed by atoms with Crippen molar-refractivity contribution < 1.29 is 22.8 Å². The summed E-state index contributed by atoms with van der Waals surface area (Å²) in [6, 6.07) is 7.94. The lowest BCUT2D eigenvalue weighted by Crippen LogP contribution is -2.32. The van der Waals surface area contributed by atoms with Crippen LogP contribution in [0.4, 0.5) is 21.6 Å². The third-order valence-electron chi connectivity index (χ3n) is 5.64. The van der Waals surface area contributed by atoms with Gasteiger partial charge in [0.25, 0.3) is 0 Å². The van der Waals surface area contributed by atoms with Crippen molar-refractivity contribution in [2.24, 2.45) is 4.36 Å². The van der Waals surface area contributed by atoms with Crippen LogP contribution < -0.4 is 10.1 Å². The zero-order valence-corrected chi connectivity index (χ0v) is 19.4. The number of ether oxygens (including phenoxy) is 3. The van der Waals surface area contributed by atoms with Crippen molar-refractivity contribution in [2.45, 2.75) is 31.7 Å². The number of hydrogen-bond donors (Lipinski definition) is 1. The quantitative estimate of drug-likeness (QED) is 0.597. The Morgan fingerprint density at radius 3 is 2.88 bits per heavy atom. The standard InChI is InChI=1S/C23H25FN4O4S/c1-13-8-15(28-33(2,3)29)10-17-21(13)23(26-12-25-17)27-16-5-4-14(24)9-19(16)32-20-11-31-18-6-7-30-22(18)20/h4-5,8-10,12,18,20,22H,6-7,11H2,1-3H3,(H,25,26,27)/t18-,20-,22+/m1/s1. The highest BCUT2D eigenvalue weighted by atomic mass is 32.2. The highest BCUT2D eigenvalue weighted by Crippen LogP contribution is 2.36. The molecule has 174 valence electrons. The number of aryl methyl sites for hydroxylation is 1. The molecule has 0 spiro atoms. The predicted molar refractivity (Wildman–Crippen MR) is 125 cm³/mol. The second-order valence-electron chi connectivity index (χ2n) is 8.57. The van der Waals surface area contributed by atoms with E-state index in [1.807, 2.05) is 13.0 Å². The monoisotopic (exact) mass is 472 g/mol. The van der Waals surface area contributed by atoms with E-state index in [2.05, 4.69) is 19.6 Å². The van der Waals surface area contributed by atoms with Gasteiger partial charge in [-0.2, -0.15) is 4.36 Å². The molecule has 0 aliphatic carbocycles. The van der Waals surface area contributed by atoms with Crippen molar-refractivity contribution in [1.82, 2.24) is 9.97 Å². The van der Waals surface area contributed by atoms with Crippen LogP contribution in [0.15, 0.2) is 41.0 Å².